The Kier molecular flexibility index (Phi) is 6.45. The molecule has 2 rings (SSSR count). The third-order valence-corrected chi connectivity index (χ3v) is 4.13. The maximum absolute atomic E-state index is 5.66. The molecule has 0 aliphatic rings. The zero-order valence-corrected chi connectivity index (χ0v) is 14.4. The van der Waals surface area contributed by atoms with E-state index in [9.17, 15) is 0 Å². The van der Waals surface area contributed by atoms with Crippen LogP contribution >= 0.6 is 11.8 Å². The van der Waals surface area contributed by atoms with Crippen LogP contribution in [0.2, 0.25) is 0 Å². The molecule has 0 amide bonds. The highest BCUT2D eigenvalue weighted by Crippen LogP contribution is 2.24. The predicted molar refractivity (Wildman–Crippen MR) is 104 cm³/mol. The molecule has 1 aromatic heterocycles. The maximum Gasteiger partial charge on any atom is 0.222 e. The average Bonchev–Trinajstić information content (AvgIpc) is 2.53. The molecule has 1 aromatic carbocycles. The highest BCUT2D eigenvalue weighted by atomic mass is 32.2. The Morgan fingerprint density at radius 3 is 2.67 bits per heavy atom. The van der Waals surface area contributed by atoms with E-state index in [1.54, 1.807) is 17.8 Å². The predicted octanol–water partition coefficient (Wildman–Crippen LogP) is 3.89. The quantitative estimate of drug-likeness (QED) is 0.663. The first-order valence-corrected chi connectivity index (χ1v) is 8.40. The molecule has 0 radical (unpaired) electrons. The first-order chi connectivity index (χ1) is 11.6. The summed E-state index contributed by atoms with van der Waals surface area (Å²) in [6.45, 7) is 5.59. The molecule has 0 saturated carbocycles. The minimum absolute atomic E-state index is 0.264. The number of nitrogens with one attached hydrogen (secondary N) is 1. The Balaban J connectivity index is 2.00. The summed E-state index contributed by atoms with van der Waals surface area (Å²) in [7, 11) is 0. The summed E-state index contributed by atoms with van der Waals surface area (Å²) in [4.78, 5) is 9.30. The fourth-order valence-electron chi connectivity index (χ4n) is 2.02. The molecule has 0 bridgehead atoms. The molecule has 1 heterocycles. The molecule has 24 heavy (non-hydrogen) atoms. The first kappa shape index (κ1) is 17.6. The maximum atomic E-state index is 5.66. The van der Waals surface area contributed by atoms with Crippen LogP contribution < -0.4 is 16.8 Å². The minimum atomic E-state index is 0.264. The molecule has 0 saturated heterocycles. The lowest BCUT2D eigenvalue weighted by Gasteiger charge is -2.08. The number of thioether (sulfide) groups is 1. The molecule has 2 aromatic rings. The third-order valence-electron chi connectivity index (χ3n) is 3.05. The number of aromatic nitrogens is 2. The number of hydrogen-bond donors (Lipinski definition) is 3. The van der Waals surface area contributed by atoms with Crippen molar-refractivity contribution in [3.63, 3.8) is 0 Å². The van der Waals surface area contributed by atoms with E-state index in [0.29, 0.717) is 5.82 Å². The van der Waals surface area contributed by atoms with Gasteiger partial charge in [-0.15, -0.1) is 11.8 Å². The average molecular weight is 339 g/mol. The number of rotatable bonds is 7. The van der Waals surface area contributed by atoms with Crippen molar-refractivity contribution in [1.29, 1.82) is 0 Å². The number of nitrogen functional groups attached to an aromatic ring is 1. The van der Waals surface area contributed by atoms with Gasteiger partial charge in [0.15, 0.2) is 0 Å². The van der Waals surface area contributed by atoms with E-state index < -0.39 is 0 Å². The SMILES string of the molecule is C=C/C=C(\C=C/N)SCc1ccc(Nc2cc(C)nc(N)n2)cc1. The van der Waals surface area contributed by atoms with Crippen LogP contribution in [0, 0.1) is 6.92 Å². The van der Waals surface area contributed by atoms with Gasteiger partial charge in [-0.2, -0.15) is 4.98 Å². The van der Waals surface area contributed by atoms with Crippen molar-refractivity contribution in [2.24, 2.45) is 5.73 Å². The zero-order valence-electron chi connectivity index (χ0n) is 13.6. The van der Waals surface area contributed by atoms with E-state index in [1.165, 1.54) is 11.8 Å². The van der Waals surface area contributed by atoms with Crippen LogP contribution in [0.5, 0.6) is 0 Å². The second kappa shape index (κ2) is 8.79. The summed E-state index contributed by atoms with van der Waals surface area (Å²) in [5.74, 6) is 1.80. The van der Waals surface area contributed by atoms with Crippen molar-refractivity contribution in [3.8, 4) is 0 Å². The van der Waals surface area contributed by atoms with Crippen molar-refractivity contribution in [2.45, 2.75) is 12.7 Å². The Labute approximate surface area is 146 Å². The minimum Gasteiger partial charge on any atom is -0.405 e. The van der Waals surface area contributed by atoms with E-state index in [2.05, 4.69) is 34.0 Å². The van der Waals surface area contributed by atoms with Gasteiger partial charge in [0.2, 0.25) is 5.95 Å². The second-order valence-corrected chi connectivity index (χ2v) is 6.08. The third kappa shape index (κ3) is 5.48. The summed E-state index contributed by atoms with van der Waals surface area (Å²) >= 11 is 1.70. The van der Waals surface area contributed by atoms with Crippen molar-refractivity contribution in [1.82, 2.24) is 9.97 Å². The van der Waals surface area contributed by atoms with Gasteiger partial charge in [0, 0.05) is 28.1 Å². The fourth-order valence-corrected chi connectivity index (χ4v) is 2.91. The second-order valence-electron chi connectivity index (χ2n) is 5.03. The highest BCUT2D eigenvalue weighted by molar-refractivity contribution is 8.02. The molecular weight excluding hydrogens is 318 g/mol. The van der Waals surface area contributed by atoms with Crippen molar-refractivity contribution < 1.29 is 0 Å². The largest absolute Gasteiger partial charge is 0.405 e. The van der Waals surface area contributed by atoms with Gasteiger partial charge in [0.1, 0.15) is 5.82 Å². The molecule has 0 aliphatic carbocycles. The van der Waals surface area contributed by atoms with Crippen LogP contribution in [-0.4, -0.2) is 9.97 Å². The molecule has 6 heteroatoms. The zero-order chi connectivity index (χ0) is 17.4. The van der Waals surface area contributed by atoms with Gasteiger partial charge in [-0.05, 0) is 43.0 Å². The summed E-state index contributed by atoms with van der Waals surface area (Å²) in [5, 5.41) is 3.23. The van der Waals surface area contributed by atoms with Gasteiger partial charge >= 0.3 is 0 Å². The molecule has 0 aliphatic heterocycles. The Morgan fingerprint density at radius 2 is 2.04 bits per heavy atom. The smallest absolute Gasteiger partial charge is 0.222 e. The normalized spacial score (nSPS) is 11.6. The molecule has 0 spiro atoms. The van der Waals surface area contributed by atoms with E-state index in [1.807, 2.05) is 37.3 Å². The van der Waals surface area contributed by atoms with Crippen molar-refractivity contribution in [3.05, 3.63) is 77.5 Å². The number of allylic oxidation sites excluding steroid dienone is 3. The van der Waals surface area contributed by atoms with Gasteiger partial charge in [-0.25, -0.2) is 4.98 Å². The molecule has 5 N–H and O–H groups in total. The highest BCUT2D eigenvalue weighted by Gasteiger charge is 2.01. The lowest BCUT2D eigenvalue weighted by atomic mass is 10.2. The van der Waals surface area contributed by atoms with Gasteiger partial charge in [0.25, 0.3) is 0 Å². The number of nitrogens with two attached hydrogens (primary N) is 2. The van der Waals surface area contributed by atoms with Crippen LogP contribution in [0.3, 0.4) is 0 Å². The molecule has 0 unspecified atom stereocenters. The summed E-state index contributed by atoms with van der Waals surface area (Å²) < 4.78 is 0. The van der Waals surface area contributed by atoms with E-state index in [0.717, 1.165) is 22.0 Å². The topological polar surface area (TPSA) is 89.8 Å². The molecular formula is C18H21N5S. The van der Waals surface area contributed by atoms with Crippen LogP contribution in [0.15, 0.2) is 66.2 Å². The monoisotopic (exact) mass is 339 g/mol. The van der Waals surface area contributed by atoms with Crippen LogP contribution in [0.1, 0.15) is 11.3 Å². The van der Waals surface area contributed by atoms with E-state index in [-0.39, 0.29) is 5.95 Å². The first-order valence-electron chi connectivity index (χ1n) is 7.41. The number of nitrogens with zero attached hydrogens (tertiary/aromatic N) is 2. The van der Waals surface area contributed by atoms with Crippen LogP contribution in [-0.2, 0) is 5.75 Å². The Bertz CT molecular complexity index is 730. The Morgan fingerprint density at radius 1 is 1.29 bits per heavy atom. The summed E-state index contributed by atoms with van der Waals surface area (Å²) in [6, 6.07) is 10.0. The lowest BCUT2D eigenvalue weighted by molar-refractivity contribution is 1.12. The van der Waals surface area contributed by atoms with E-state index in [4.69, 9.17) is 11.5 Å². The van der Waals surface area contributed by atoms with Gasteiger partial charge in [0.05, 0.1) is 0 Å². The van der Waals surface area contributed by atoms with Gasteiger partial charge in [-0.3, -0.25) is 0 Å². The number of hydrogen-bond acceptors (Lipinski definition) is 6. The number of anilines is 3. The summed E-state index contributed by atoms with van der Waals surface area (Å²) in [5.41, 5.74) is 14.1. The van der Waals surface area contributed by atoms with Gasteiger partial charge in [-0.1, -0.05) is 24.8 Å². The van der Waals surface area contributed by atoms with Crippen LogP contribution in [0.25, 0.3) is 0 Å². The Hall–Kier alpha value is -2.73. The summed E-state index contributed by atoms with van der Waals surface area (Å²) in [6.07, 6.45) is 7.09. The van der Waals surface area contributed by atoms with Crippen molar-refractivity contribution >= 4 is 29.2 Å². The fraction of sp³-hybridized carbons (Fsp3) is 0.111. The molecule has 0 fully saturated rings. The van der Waals surface area contributed by atoms with Crippen LogP contribution in [0.4, 0.5) is 17.5 Å². The molecule has 0 atom stereocenters. The van der Waals surface area contributed by atoms with Gasteiger partial charge < -0.3 is 16.8 Å². The standard InChI is InChI=1S/C18H21N5S/c1-3-4-16(9-10-19)24-12-14-5-7-15(8-6-14)22-17-11-13(2)21-18(20)23-17/h3-11H,1,12,19H2,2H3,(H3,20,21,22,23)/b10-9-,16-4+. The molecule has 5 nitrogen and oxygen atoms in total. The van der Waals surface area contributed by atoms with E-state index >= 15 is 0 Å². The number of aryl methyl sites for hydroxylation is 1. The molecule has 124 valence electrons. The number of benzene rings is 1. The lowest BCUT2D eigenvalue weighted by Crippen LogP contribution is -2.01. The van der Waals surface area contributed by atoms with Crippen molar-refractivity contribution in [2.75, 3.05) is 11.1 Å².